The van der Waals surface area contributed by atoms with Crippen molar-refractivity contribution in [1.29, 1.82) is 0 Å². The van der Waals surface area contributed by atoms with Crippen molar-refractivity contribution in [1.82, 2.24) is 4.90 Å². The summed E-state index contributed by atoms with van der Waals surface area (Å²) in [5.74, 6) is 0. The van der Waals surface area contributed by atoms with E-state index >= 15 is 0 Å². The van der Waals surface area contributed by atoms with Gasteiger partial charge in [0.15, 0.2) is 0 Å². The Kier molecular flexibility index (Phi) is 5.80. The van der Waals surface area contributed by atoms with Crippen molar-refractivity contribution in [3.8, 4) is 0 Å². The highest BCUT2D eigenvalue weighted by molar-refractivity contribution is 6.30. The van der Waals surface area contributed by atoms with Gasteiger partial charge in [0.2, 0.25) is 0 Å². The Morgan fingerprint density at radius 2 is 1.64 bits per heavy atom. The summed E-state index contributed by atoms with van der Waals surface area (Å²) in [6.07, 6.45) is 1.58. The maximum atomic E-state index is 10.9. The molecule has 0 radical (unpaired) electrons. The normalized spacial score (nSPS) is 20.2. The second-order valence-electron chi connectivity index (χ2n) is 7.16. The van der Waals surface area contributed by atoms with E-state index in [2.05, 4.69) is 17.0 Å². The molecule has 4 heteroatoms. The molecule has 2 atom stereocenters. The molecule has 0 aromatic heterocycles. The van der Waals surface area contributed by atoms with Gasteiger partial charge < -0.3 is 10.2 Å². The highest BCUT2D eigenvalue weighted by Gasteiger charge is 2.35. The lowest BCUT2D eigenvalue weighted by atomic mass is 9.84. The van der Waals surface area contributed by atoms with Gasteiger partial charge in [-0.15, -0.1) is 0 Å². The molecule has 0 bridgehead atoms. The number of halogens is 1. The van der Waals surface area contributed by atoms with E-state index in [1.54, 1.807) is 0 Å². The molecule has 0 amide bonds. The highest BCUT2D eigenvalue weighted by Crippen LogP contribution is 2.30. The molecule has 0 aliphatic carbocycles. The largest absolute Gasteiger partial charge is 0.389 e. The van der Waals surface area contributed by atoms with E-state index < -0.39 is 11.7 Å². The van der Waals surface area contributed by atoms with Gasteiger partial charge in [-0.25, -0.2) is 0 Å². The van der Waals surface area contributed by atoms with Gasteiger partial charge in [-0.1, -0.05) is 54.1 Å². The molecule has 1 heterocycles. The van der Waals surface area contributed by atoms with E-state index in [-0.39, 0.29) is 6.04 Å². The lowest BCUT2D eigenvalue weighted by Gasteiger charge is -2.42. The summed E-state index contributed by atoms with van der Waals surface area (Å²) in [5, 5.41) is 22.2. The molecule has 1 saturated heterocycles. The number of benzene rings is 2. The molecule has 2 N–H and O–H groups in total. The van der Waals surface area contributed by atoms with Gasteiger partial charge >= 0.3 is 0 Å². The van der Waals surface area contributed by atoms with Gasteiger partial charge in [0.25, 0.3) is 0 Å². The number of likely N-dealkylation sites (tertiary alicyclic amines) is 1. The van der Waals surface area contributed by atoms with Crippen molar-refractivity contribution >= 4 is 11.6 Å². The molecule has 0 spiro atoms. The molecule has 0 saturated carbocycles. The monoisotopic (exact) mass is 359 g/mol. The van der Waals surface area contributed by atoms with Crippen molar-refractivity contribution in [3.05, 3.63) is 70.7 Å². The summed E-state index contributed by atoms with van der Waals surface area (Å²) in [4.78, 5) is 2.26. The third kappa shape index (κ3) is 4.62. The SMILES string of the molecule is C[C@@H]([C@H](O)c1ccc(Cl)cc1)N1CCC(O)(Cc2ccccc2)CC1. The van der Waals surface area contributed by atoms with E-state index in [1.807, 2.05) is 49.4 Å². The van der Waals surface area contributed by atoms with Gasteiger partial charge in [-0.05, 0) is 43.0 Å². The minimum Gasteiger partial charge on any atom is -0.389 e. The van der Waals surface area contributed by atoms with Crippen molar-refractivity contribution in [3.63, 3.8) is 0 Å². The van der Waals surface area contributed by atoms with Crippen LogP contribution in [0.3, 0.4) is 0 Å². The summed E-state index contributed by atoms with van der Waals surface area (Å²) in [6.45, 7) is 3.62. The van der Waals surface area contributed by atoms with E-state index in [0.717, 1.165) is 31.5 Å². The Morgan fingerprint density at radius 3 is 2.24 bits per heavy atom. The van der Waals surface area contributed by atoms with Crippen LogP contribution in [-0.4, -0.2) is 39.8 Å². The fourth-order valence-corrected chi connectivity index (χ4v) is 3.76. The van der Waals surface area contributed by atoms with Crippen molar-refractivity contribution in [2.45, 2.75) is 43.9 Å². The number of rotatable bonds is 5. The van der Waals surface area contributed by atoms with E-state index in [4.69, 9.17) is 11.6 Å². The van der Waals surface area contributed by atoms with Crippen LogP contribution in [0.5, 0.6) is 0 Å². The Morgan fingerprint density at radius 1 is 1.04 bits per heavy atom. The first kappa shape index (κ1) is 18.4. The van der Waals surface area contributed by atoms with Crippen LogP contribution in [0.4, 0.5) is 0 Å². The predicted molar refractivity (Wildman–Crippen MR) is 102 cm³/mol. The van der Waals surface area contributed by atoms with Crippen LogP contribution in [0.15, 0.2) is 54.6 Å². The molecule has 25 heavy (non-hydrogen) atoms. The molecule has 134 valence electrons. The van der Waals surface area contributed by atoms with Crippen LogP contribution in [0.1, 0.15) is 37.0 Å². The highest BCUT2D eigenvalue weighted by atomic mass is 35.5. The Balaban J connectivity index is 1.58. The molecule has 3 rings (SSSR count). The lowest BCUT2D eigenvalue weighted by molar-refractivity contribution is -0.0456. The topological polar surface area (TPSA) is 43.7 Å². The number of nitrogens with zero attached hydrogens (tertiary/aromatic N) is 1. The molecule has 0 unspecified atom stereocenters. The number of hydrogen-bond donors (Lipinski definition) is 2. The van der Waals surface area contributed by atoms with Gasteiger partial charge in [-0.2, -0.15) is 0 Å². The average molecular weight is 360 g/mol. The van der Waals surface area contributed by atoms with E-state index in [9.17, 15) is 10.2 Å². The predicted octanol–water partition coefficient (Wildman–Crippen LogP) is 3.83. The zero-order valence-electron chi connectivity index (χ0n) is 14.6. The Labute approximate surface area is 154 Å². The number of aliphatic hydroxyl groups is 2. The first-order chi connectivity index (χ1) is 12.0. The van der Waals surface area contributed by atoms with Crippen LogP contribution in [0, 0.1) is 0 Å². The second-order valence-corrected chi connectivity index (χ2v) is 7.60. The fraction of sp³-hybridized carbons (Fsp3) is 0.429. The number of piperidine rings is 1. The summed E-state index contributed by atoms with van der Waals surface area (Å²) >= 11 is 5.92. The van der Waals surface area contributed by atoms with E-state index in [0.29, 0.717) is 11.4 Å². The van der Waals surface area contributed by atoms with E-state index in [1.165, 1.54) is 5.56 Å². The third-order valence-corrected chi connectivity index (χ3v) is 5.60. The molecule has 3 nitrogen and oxygen atoms in total. The smallest absolute Gasteiger partial charge is 0.0942 e. The van der Waals surface area contributed by atoms with Gasteiger partial charge in [0.1, 0.15) is 0 Å². The summed E-state index contributed by atoms with van der Waals surface area (Å²) in [6, 6.07) is 17.5. The van der Waals surface area contributed by atoms with Crippen LogP contribution in [-0.2, 0) is 6.42 Å². The average Bonchev–Trinajstić information content (AvgIpc) is 2.62. The summed E-state index contributed by atoms with van der Waals surface area (Å²) in [7, 11) is 0. The Bertz CT molecular complexity index is 666. The lowest BCUT2D eigenvalue weighted by Crippen LogP contribution is -2.49. The first-order valence-electron chi connectivity index (χ1n) is 8.91. The molecule has 1 aliphatic rings. The van der Waals surface area contributed by atoms with Gasteiger partial charge in [-0.3, -0.25) is 4.90 Å². The first-order valence-corrected chi connectivity index (χ1v) is 9.29. The molecule has 1 fully saturated rings. The van der Waals surface area contributed by atoms with Crippen molar-refractivity contribution < 1.29 is 10.2 Å². The maximum absolute atomic E-state index is 10.9. The quantitative estimate of drug-likeness (QED) is 0.852. The van der Waals surface area contributed by atoms with Crippen LogP contribution in [0.2, 0.25) is 5.02 Å². The minimum absolute atomic E-state index is 0.00227. The number of hydrogen-bond acceptors (Lipinski definition) is 3. The molecular weight excluding hydrogens is 334 g/mol. The molecular formula is C21H26ClNO2. The van der Waals surface area contributed by atoms with Gasteiger partial charge in [0, 0.05) is 30.6 Å². The second kappa shape index (κ2) is 7.88. The summed E-state index contributed by atoms with van der Waals surface area (Å²) < 4.78 is 0. The van der Waals surface area contributed by atoms with Crippen molar-refractivity contribution in [2.24, 2.45) is 0 Å². The Hall–Kier alpha value is -1.39. The zero-order chi connectivity index (χ0) is 17.9. The fourth-order valence-electron chi connectivity index (χ4n) is 3.64. The third-order valence-electron chi connectivity index (χ3n) is 5.35. The van der Waals surface area contributed by atoms with Crippen LogP contribution < -0.4 is 0 Å². The zero-order valence-corrected chi connectivity index (χ0v) is 15.4. The number of aliphatic hydroxyl groups excluding tert-OH is 1. The maximum Gasteiger partial charge on any atom is 0.0942 e. The van der Waals surface area contributed by atoms with Crippen LogP contribution in [0.25, 0.3) is 0 Å². The molecule has 1 aliphatic heterocycles. The van der Waals surface area contributed by atoms with Crippen LogP contribution >= 0.6 is 11.6 Å². The summed E-state index contributed by atoms with van der Waals surface area (Å²) in [5.41, 5.74) is 1.40. The standard InChI is InChI=1S/C21H26ClNO2/c1-16(20(24)18-7-9-19(22)10-8-18)23-13-11-21(25,12-14-23)15-17-5-3-2-4-6-17/h2-10,16,20,24-25H,11-15H2,1H3/t16-,20-/m0/s1. The molecule has 2 aromatic rings. The molecule has 2 aromatic carbocycles. The van der Waals surface area contributed by atoms with Crippen molar-refractivity contribution in [2.75, 3.05) is 13.1 Å². The minimum atomic E-state index is -0.650. The van der Waals surface area contributed by atoms with Gasteiger partial charge in [0.05, 0.1) is 11.7 Å².